The standard InChI is InChI=1S/C15H22N2O.ClH/c1-10(2)8-14(16)15(18)17-13-7-6-11-4-3-5-12(11)9-13;/h6-7,9-10,14H,3-5,8,16H2,1-2H3,(H,17,18);1H/t14-;/m0./s1. The fraction of sp³-hybridized carbons (Fsp3) is 0.533. The summed E-state index contributed by atoms with van der Waals surface area (Å²) in [7, 11) is 0. The zero-order valence-corrected chi connectivity index (χ0v) is 12.4. The zero-order valence-electron chi connectivity index (χ0n) is 11.6. The van der Waals surface area contributed by atoms with Gasteiger partial charge in [0.15, 0.2) is 0 Å². The van der Waals surface area contributed by atoms with Crippen LogP contribution in [0.3, 0.4) is 0 Å². The predicted molar refractivity (Wildman–Crippen MR) is 81.8 cm³/mol. The summed E-state index contributed by atoms with van der Waals surface area (Å²) in [4.78, 5) is 11.9. The Morgan fingerprint density at radius 2 is 2.00 bits per heavy atom. The van der Waals surface area contributed by atoms with Crippen molar-refractivity contribution in [1.29, 1.82) is 0 Å². The maximum absolute atomic E-state index is 11.9. The third-order valence-electron chi connectivity index (χ3n) is 3.43. The summed E-state index contributed by atoms with van der Waals surface area (Å²) >= 11 is 0. The molecule has 0 aromatic heterocycles. The summed E-state index contributed by atoms with van der Waals surface area (Å²) < 4.78 is 0. The van der Waals surface area contributed by atoms with Crippen molar-refractivity contribution in [3.63, 3.8) is 0 Å². The Kier molecular flexibility index (Phi) is 5.83. The zero-order chi connectivity index (χ0) is 13.1. The van der Waals surface area contributed by atoms with E-state index in [2.05, 4.69) is 31.3 Å². The lowest BCUT2D eigenvalue weighted by Crippen LogP contribution is -2.36. The first-order valence-corrected chi connectivity index (χ1v) is 6.74. The van der Waals surface area contributed by atoms with E-state index in [1.54, 1.807) is 0 Å². The van der Waals surface area contributed by atoms with Gasteiger partial charge in [-0.05, 0) is 54.9 Å². The van der Waals surface area contributed by atoms with Gasteiger partial charge >= 0.3 is 0 Å². The van der Waals surface area contributed by atoms with Crippen LogP contribution in [-0.4, -0.2) is 11.9 Å². The number of halogens is 1. The van der Waals surface area contributed by atoms with Crippen LogP contribution in [0.1, 0.15) is 37.8 Å². The summed E-state index contributed by atoms with van der Waals surface area (Å²) in [5.41, 5.74) is 9.52. The molecule has 1 aliphatic rings. The van der Waals surface area contributed by atoms with Gasteiger partial charge in [-0.15, -0.1) is 12.4 Å². The molecule has 0 aliphatic heterocycles. The number of aryl methyl sites for hydroxylation is 2. The molecular weight excluding hydrogens is 260 g/mol. The smallest absolute Gasteiger partial charge is 0.241 e. The van der Waals surface area contributed by atoms with Crippen LogP contribution in [-0.2, 0) is 17.6 Å². The minimum atomic E-state index is -0.418. The lowest BCUT2D eigenvalue weighted by atomic mass is 10.0. The lowest BCUT2D eigenvalue weighted by molar-refractivity contribution is -0.117. The van der Waals surface area contributed by atoms with E-state index in [0.717, 1.165) is 24.9 Å². The molecule has 0 spiro atoms. The number of rotatable bonds is 4. The van der Waals surface area contributed by atoms with Gasteiger partial charge in [0, 0.05) is 5.69 Å². The maximum Gasteiger partial charge on any atom is 0.241 e. The van der Waals surface area contributed by atoms with Crippen LogP contribution in [0.5, 0.6) is 0 Å². The molecule has 106 valence electrons. The van der Waals surface area contributed by atoms with Crippen LogP contribution in [0.4, 0.5) is 5.69 Å². The lowest BCUT2D eigenvalue weighted by Gasteiger charge is -2.14. The van der Waals surface area contributed by atoms with Gasteiger partial charge in [0.05, 0.1) is 6.04 Å². The Morgan fingerprint density at radius 3 is 2.68 bits per heavy atom. The summed E-state index contributed by atoms with van der Waals surface area (Å²) in [6.07, 6.45) is 4.23. The number of carbonyl (C=O) groups excluding carboxylic acids is 1. The van der Waals surface area contributed by atoms with Crippen molar-refractivity contribution in [3.8, 4) is 0 Å². The van der Waals surface area contributed by atoms with Gasteiger partial charge in [0.1, 0.15) is 0 Å². The topological polar surface area (TPSA) is 55.1 Å². The number of benzene rings is 1. The molecule has 3 N–H and O–H groups in total. The minimum Gasteiger partial charge on any atom is -0.325 e. The predicted octanol–water partition coefficient (Wildman–Crippen LogP) is 2.91. The molecular formula is C15H23ClN2O. The third kappa shape index (κ3) is 4.22. The Bertz CT molecular complexity index is 446. The van der Waals surface area contributed by atoms with Crippen molar-refractivity contribution >= 4 is 24.0 Å². The van der Waals surface area contributed by atoms with Crippen LogP contribution in [0.2, 0.25) is 0 Å². The second kappa shape index (κ2) is 6.92. The molecule has 1 atom stereocenters. The van der Waals surface area contributed by atoms with Crippen molar-refractivity contribution < 1.29 is 4.79 Å². The highest BCUT2D eigenvalue weighted by molar-refractivity contribution is 5.94. The number of nitrogens with two attached hydrogens (primary N) is 1. The van der Waals surface area contributed by atoms with Crippen LogP contribution in [0, 0.1) is 5.92 Å². The number of amides is 1. The molecule has 0 bridgehead atoms. The summed E-state index contributed by atoms with van der Waals surface area (Å²) in [6.45, 7) is 4.14. The first-order valence-electron chi connectivity index (χ1n) is 6.74. The maximum atomic E-state index is 11.9. The van der Waals surface area contributed by atoms with Gasteiger partial charge in [-0.2, -0.15) is 0 Å². The second-order valence-electron chi connectivity index (χ2n) is 5.56. The van der Waals surface area contributed by atoms with Crippen LogP contribution in [0.15, 0.2) is 18.2 Å². The first kappa shape index (κ1) is 16.0. The summed E-state index contributed by atoms with van der Waals surface area (Å²) in [6, 6.07) is 5.76. The van der Waals surface area contributed by atoms with E-state index >= 15 is 0 Å². The Balaban J connectivity index is 0.00000180. The number of hydrogen-bond acceptors (Lipinski definition) is 2. The highest BCUT2D eigenvalue weighted by Crippen LogP contribution is 2.25. The number of carbonyl (C=O) groups is 1. The van der Waals surface area contributed by atoms with Crippen LogP contribution >= 0.6 is 12.4 Å². The Morgan fingerprint density at radius 1 is 1.32 bits per heavy atom. The SMILES string of the molecule is CC(C)C[C@H](N)C(=O)Nc1ccc2c(c1)CCC2.Cl. The van der Waals surface area contributed by atoms with Gasteiger partial charge in [0.2, 0.25) is 5.91 Å². The van der Waals surface area contributed by atoms with Crippen molar-refractivity contribution in [1.82, 2.24) is 0 Å². The molecule has 0 unspecified atom stereocenters. The van der Waals surface area contributed by atoms with Gasteiger partial charge in [-0.1, -0.05) is 19.9 Å². The number of fused-ring (bicyclic) bond motifs is 1. The molecule has 0 heterocycles. The van der Waals surface area contributed by atoms with Crippen LogP contribution < -0.4 is 11.1 Å². The monoisotopic (exact) mass is 282 g/mol. The van der Waals surface area contributed by atoms with E-state index in [0.29, 0.717) is 5.92 Å². The van der Waals surface area contributed by atoms with Gasteiger partial charge in [-0.25, -0.2) is 0 Å². The fourth-order valence-electron chi connectivity index (χ4n) is 2.50. The quantitative estimate of drug-likeness (QED) is 0.892. The fourth-order valence-corrected chi connectivity index (χ4v) is 2.50. The highest BCUT2D eigenvalue weighted by Gasteiger charge is 2.16. The molecule has 1 aromatic rings. The molecule has 1 aliphatic carbocycles. The normalized spacial score (nSPS) is 14.7. The highest BCUT2D eigenvalue weighted by atomic mass is 35.5. The molecule has 0 saturated heterocycles. The van der Waals surface area contributed by atoms with Gasteiger partial charge in [-0.3, -0.25) is 4.79 Å². The van der Waals surface area contributed by atoms with Gasteiger partial charge < -0.3 is 11.1 Å². The molecule has 1 amide bonds. The molecule has 2 rings (SSSR count). The number of nitrogens with one attached hydrogen (secondary N) is 1. The molecule has 4 heteroatoms. The molecule has 0 fully saturated rings. The van der Waals surface area contributed by atoms with Crippen molar-refractivity contribution in [2.45, 2.75) is 45.6 Å². The van der Waals surface area contributed by atoms with E-state index < -0.39 is 6.04 Å². The average molecular weight is 283 g/mol. The average Bonchev–Trinajstić information content (AvgIpc) is 2.75. The summed E-state index contributed by atoms with van der Waals surface area (Å²) in [5, 5.41) is 2.91. The van der Waals surface area contributed by atoms with E-state index in [4.69, 9.17) is 5.73 Å². The Hall–Kier alpha value is -1.06. The largest absolute Gasteiger partial charge is 0.325 e. The molecule has 0 saturated carbocycles. The van der Waals surface area contributed by atoms with Crippen molar-refractivity contribution in [2.24, 2.45) is 11.7 Å². The Labute approximate surface area is 121 Å². The third-order valence-corrected chi connectivity index (χ3v) is 3.43. The molecule has 1 aromatic carbocycles. The van der Waals surface area contributed by atoms with Gasteiger partial charge in [0.25, 0.3) is 0 Å². The molecule has 19 heavy (non-hydrogen) atoms. The molecule has 3 nitrogen and oxygen atoms in total. The molecule has 0 radical (unpaired) electrons. The van der Waals surface area contributed by atoms with E-state index in [1.165, 1.54) is 17.5 Å². The first-order chi connectivity index (χ1) is 8.56. The van der Waals surface area contributed by atoms with Crippen LogP contribution in [0.25, 0.3) is 0 Å². The second-order valence-corrected chi connectivity index (χ2v) is 5.56. The van der Waals surface area contributed by atoms with Crippen molar-refractivity contribution in [3.05, 3.63) is 29.3 Å². The van der Waals surface area contributed by atoms with E-state index in [-0.39, 0.29) is 18.3 Å². The van der Waals surface area contributed by atoms with E-state index in [9.17, 15) is 4.79 Å². The van der Waals surface area contributed by atoms with Crippen molar-refractivity contribution in [2.75, 3.05) is 5.32 Å². The number of hydrogen-bond donors (Lipinski definition) is 2. The number of anilines is 1. The summed E-state index contributed by atoms with van der Waals surface area (Å²) in [5.74, 6) is 0.354. The van der Waals surface area contributed by atoms with E-state index in [1.807, 2.05) is 6.07 Å². The minimum absolute atomic E-state index is 0.